The van der Waals surface area contributed by atoms with Crippen molar-refractivity contribution < 1.29 is 57.7 Å². The molecule has 0 heterocycles. The minimum absolute atomic E-state index is 0. The predicted molar refractivity (Wildman–Crippen MR) is 56.4 cm³/mol. The quantitative estimate of drug-likeness (QED) is 0.419. The Bertz CT molecular complexity index is 300. The topological polar surface area (TPSA) is 0 Å². The van der Waals surface area contributed by atoms with Gasteiger partial charge in [0.2, 0.25) is 0 Å². The first-order valence-corrected chi connectivity index (χ1v) is 7.62. The van der Waals surface area contributed by atoms with Crippen molar-refractivity contribution in [3.63, 3.8) is 0 Å². The molecule has 0 spiro atoms. The summed E-state index contributed by atoms with van der Waals surface area (Å²) >= 11 is 2.36. The third-order valence-corrected chi connectivity index (χ3v) is 5.29. The Hall–Kier alpha value is 1.28. The van der Waals surface area contributed by atoms with E-state index in [4.69, 9.17) is 0 Å². The first-order chi connectivity index (χ1) is 6.25. The minimum atomic E-state index is 0. The molecular formula is C11H17Cl3SiTi. The zero-order chi connectivity index (χ0) is 9.42. The summed E-state index contributed by atoms with van der Waals surface area (Å²) in [6.45, 7) is 2.42. The first kappa shape index (κ1) is 19.6. The van der Waals surface area contributed by atoms with Crippen molar-refractivity contribution in [1.82, 2.24) is 0 Å². The van der Waals surface area contributed by atoms with Crippen LogP contribution in [0.1, 0.15) is 32.6 Å². The van der Waals surface area contributed by atoms with E-state index in [0.717, 1.165) is 5.92 Å². The summed E-state index contributed by atoms with van der Waals surface area (Å²) in [4.78, 5) is 0. The maximum absolute atomic E-state index is 2.42. The average Bonchev–Trinajstić information content (AvgIpc) is 2.41. The minimum Gasteiger partial charge on any atom is -1.00 e. The van der Waals surface area contributed by atoms with Gasteiger partial charge in [0, 0.05) is 0 Å². The van der Waals surface area contributed by atoms with Crippen LogP contribution in [0.5, 0.6) is 0 Å². The molecule has 2 aliphatic rings. The standard InChI is InChI=1S/C11H17Si.3ClH.Ti/c1-8-10(7-12)6-9-4-2-3-5-11(8)9;;;;/h8H,2-5,7H2,1,12H3;3*1H;/q;;;;+3/p-3. The summed E-state index contributed by atoms with van der Waals surface area (Å²) in [6.07, 6.45) is 5.62. The summed E-state index contributed by atoms with van der Waals surface area (Å²) in [7, 11) is 1.33. The molecule has 0 nitrogen and oxygen atoms in total. The van der Waals surface area contributed by atoms with E-state index in [1.807, 2.05) is 0 Å². The SMILES string of the molecule is CC1C(C[SiH3])=[C]([Ti+3])C2=C1CCCC2.[Cl-].[Cl-].[Cl-]. The van der Waals surface area contributed by atoms with Crippen LogP contribution in [0.2, 0.25) is 6.04 Å². The molecule has 0 saturated heterocycles. The number of halogens is 3. The van der Waals surface area contributed by atoms with Gasteiger partial charge in [-0.3, -0.25) is 0 Å². The fourth-order valence-corrected chi connectivity index (χ4v) is 5.37. The molecule has 0 radical (unpaired) electrons. The van der Waals surface area contributed by atoms with Crippen LogP contribution in [0.3, 0.4) is 0 Å². The van der Waals surface area contributed by atoms with Gasteiger partial charge in [0.15, 0.2) is 0 Å². The second kappa shape index (κ2) is 8.39. The Balaban J connectivity index is 0. The van der Waals surface area contributed by atoms with E-state index in [9.17, 15) is 0 Å². The number of allylic oxidation sites excluding steroid dienone is 4. The molecule has 2 rings (SSSR count). The van der Waals surface area contributed by atoms with E-state index in [1.165, 1.54) is 42.0 Å². The Morgan fingerprint density at radius 2 is 1.75 bits per heavy atom. The molecule has 0 amide bonds. The van der Waals surface area contributed by atoms with Crippen molar-refractivity contribution in [2.45, 2.75) is 38.7 Å². The fourth-order valence-electron chi connectivity index (χ4n) is 2.80. The third kappa shape index (κ3) is 3.40. The van der Waals surface area contributed by atoms with Crippen LogP contribution in [-0.4, -0.2) is 10.2 Å². The smallest absolute Gasteiger partial charge is 1.00 e. The maximum atomic E-state index is 2.42. The normalized spacial score (nSPS) is 23.3. The van der Waals surface area contributed by atoms with Gasteiger partial charge < -0.3 is 37.2 Å². The monoisotopic (exact) mass is 330 g/mol. The molecule has 16 heavy (non-hydrogen) atoms. The number of rotatable bonds is 1. The molecule has 1 unspecified atom stereocenters. The molecule has 5 heteroatoms. The number of hydrogen-bond donors (Lipinski definition) is 0. The Labute approximate surface area is 132 Å². The summed E-state index contributed by atoms with van der Waals surface area (Å²) in [5.74, 6) is 0.813. The van der Waals surface area contributed by atoms with Crippen LogP contribution in [-0.2, 0) is 20.4 Å². The van der Waals surface area contributed by atoms with E-state index in [1.54, 1.807) is 20.6 Å². The van der Waals surface area contributed by atoms with E-state index in [2.05, 4.69) is 27.4 Å². The molecular weight excluding hydrogens is 314 g/mol. The van der Waals surface area contributed by atoms with Crippen LogP contribution < -0.4 is 37.2 Å². The average molecular weight is 332 g/mol. The van der Waals surface area contributed by atoms with Crippen LogP contribution in [0, 0.1) is 5.92 Å². The Morgan fingerprint density at radius 3 is 2.25 bits per heavy atom. The second-order valence-corrected chi connectivity index (χ2v) is 5.67. The zero-order valence-electron chi connectivity index (χ0n) is 9.75. The van der Waals surface area contributed by atoms with E-state index in [0.29, 0.717) is 0 Å². The zero-order valence-corrected chi connectivity index (χ0v) is 15.6. The molecule has 0 N–H and O–H groups in total. The van der Waals surface area contributed by atoms with Crippen LogP contribution >= 0.6 is 0 Å². The molecule has 90 valence electrons. The van der Waals surface area contributed by atoms with Crippen molar-refractivity contribution in [2.24, 2.45) is 5.92 Å². The van der Waals surface area contributed by atoms with Gasteiger partial charge in [0.05, 0.1) is 0 Å². The van der Waals surface area contributed by atoms with Gasteiger partial charge in [-0.25, -0.2) is 0 Å². The van der Waals surface area contributed by atoms with E-state index in [-0.39, 0.29) is 37.2 Å². The van der Waals surface area contributed by atoms with Gasteiger partial charge in [-0.05, 0) is 0 Å². The first-order valence-electron chi connectivity index (χ1n) is 5.42. The molecule has 0 fully saturated rings. The molecule has 0 aliphatic heterocycles. The van der Waals surface area contributed by atoms with Gasteiger partial charge in [-0.2, -0.15) is 0 Å². The molecule has 0 saturated carbocycles. The molecule has 0 aromatic heterocycles. The summed E-state index contributed by atoms with van der Waals surface area (Å²) in [6, 6.07) is 1.39. The summed E-state index contributed by atoms with van der Waals surface area (Å²) < 4.78 is 1.68. The van der Waals surface area contributed by atoms with Crippen LogP contribution in [0.15, 0.2) is 20.6 Å². The van der Waals surface area contributed by atoms with Crippen molar-refractivity contribution in [2.75, 3.05) is 0 Å². The van der Waals surface area contributed by atoms with Gasteiger partial charge in [0.25, 0.3) is 0 Å². The molecule has 1 atom stereocenters. The van der Waals surface area contributed by atoms with Gasteiger partial charge >= 0.3 is 95.8 Å². The van der Waals surface area contributed by atoms with Gasteiger partial charge in [0.1, 0.15) is 0 Å². The molecule has 0 aromatic rings. The van der Waals surface area contributed by atoms with Crippen molar-refractivity contribution in [3.8, 4) is 0 Å². The van der Waals surface area contributed by atoms with E-state index < -0.39 is 0 Å². The van der Waals surface area contributed by atoms with Crippen molar-refractivity contribution in [1.29, 1.82) is 0 Å². The van der Waals surface area contributed by atoms with Crippen molar-refractivity contribution in [3.05, 3.63) is 20.6 Å². The Kier molecular flexibility index (Phi) is 10.3. The molecule has 2 aliphatic carbocycles. The largest absolute Gasteiger partial charge is 1.00 e. The number of hydrogen-bond acceptors (Lipinski definition) is 0. The second-order valence-electron chi connectivity index (χ2n) is 4.19. The summed E-state index contributed by atoms with van der Waals surface area (Å²) in [5.41, 5.74) is 5.33. The van der Waals surface area contributed by atoms with Crippen LogP contribution in [0.25, 0.3) is 0 Å². The van der Waals surface area contributed by atoms with E-state index >= 15 is 0 Å². The molecule has 0 bridgehead atoms. The Morgan fingerprint density at radius 1 is 1.19 bits per heavy atom. The maximum Gasteiger partial charge on any atom is -1.00 e. The van der Waals surface area contributed by atoms with Crippen LogP contribution in [0.4, 0.5) is 0 Å². The predicted octanol–water partition coefficient (Wildman–Crippen LogP) is -6.90. The third-order valence-electron chi connectivity index (χ3n) is 3.56. The van der Waals surface area contributed by atoms with Crippen molar-refractivity contribution >= 4 is 10.2 Å². The molecule has 0 aromatic carbocycles. The fraction of sp³-hybridized carbons (Fsp3) is 0.636. The van der Waals surface area contributed by atoms with Gasteiger partial charge in [-0.1, -0.05) is 0 Å². The van der Waals surface area contributed by atoms with Gasteiger partial charge in [-0.15, -0.1) is 0 Å². The summed E-state index contributed by atoms with van der Waals surface area (Å²) in [5, 5.41) is 0.